The highest BCUT2D eigenvalue weighted by Gasteiger charge is 1.99. The summed E-state index contributed by atoms with van der Waals surface area (Å²) in [6.07, 6.45) is 0. The summed E-state index contributed by atoms with van der Waals surface area (Å²) in [6, 6.07) is 0. The second-order valence-corrected chi connectivity index (χ2v) is 1.29. The molecule has 0 saturated carbocycles. The van der Waals surface area contributed by atoms with Gasteiger partial charge in [-0.15, -0.1) is 0 Å². The molecule has 50 valence electrons. The number of guanidine groups is 1. The van der Waals surface area contributed by atoms with Crippen LogP contribution in [0.25, 0.3) is 0 Å². The van der Waals surface area contributed by atoms with Crippen molar-refractivity contribution in [2.75, 3.05) is 0 Å². The van der Waals surface area contributed by atoms with Gasteiger partial charge in [0.25, 0.3) is 0 Å². The highest BCUT2D eigenvalue weighted by Crippen LogP contribution is 1.88. The molecular formula is C4H7N3O2. The second kappa shape index (κ2) is 2.71. The van der Waals surface area contributed by atoms with Crippen molar-refractivity contribution in [1.29, 1.82) is 0 Å². The fourth-order valence-corrected chi connectivity index (χ4v) is 0.204. The third kappa shape index (κ3) is 3.10. The number of hydrogen-bond donors (Lipinski definition) is 3. The van der Waals surface area contributed by atoms with Gasteiger partial charge in [0.15, 0.2) is 5.96 Å². The van der Waals surface area contributed by atoms with Gasteiger partial charge in [-0.25, -0.2) is 9.79 Å². The van der Waals surface area contributed by atoms with E-state index in [-0.39, 0.29) is 11.7 Å². The number of rotatable bonds is 2. The first-order valence-corrected chi connectivity index (χ1v) is 2.06. The molecule has 0 unspecified atom stereocenters. The van der Waals surface area contributed by atoms with Gasteiger partial charge in [0, 0.05) is 0 Å². The monoisotopic (exact) mass is 129 g/mol. The predicted octanol–water partition coefficient (Wildman–Crippen LogP) is -1.14. The van der Waals surface area contributed by atoms with Crippen molar-refractivity contribution < 1.29 is 9.90 Å². The van der Waals surface area contributed by atoms with E-state index in [0.717, 1.165) is 0 Å². The zero-order chi connectivity index (χ0) is 7.44. The van der Waals surface area contributed by atoms with Gasteiger partial charge in [-0.3, -0.25) is 0 Å². The Labute approximate surface area is 51.7 Å². The Morgan fingerprint density at radius 2 is 2.00 bits per heavy atom. The van der Waals surface area contributed by atoms with E-state index in [0.29, 0.717) is 0 Å². The summed E-state index contributed by atoms with van der Waals surface area (Å²) >= 11 is 0. The molecule has 5 N–H and O–H groups in total. The summed E-state index contributed by atoms with van der Waals surface area (Å²) in [4.78, 5) is 13.1. The lowest BCUT2D eigenvalue weighted by molar-refractivity contribution is -0.132. The highest BCUT2D eigenvalue weighted by molar-refractivity contribution is 5.89. The van der Waals surface area contributed by atoms with Gasteiger partial charge in [-0.1, -0.05) is 6.58 Å². The maximum Gasteiger partial charge on any atom is 0.354 e. The normalized spacial score (nSPS) is 8.00. The summed E-state index contributed by atoms with van der Waals surface area (Å²) < 4.78 is 0. The predicted molar refractivity (Wildman–Crippen MR) is 32.6 cm³/mol. The van der Waals surface area contributed by atoms with Crippen LogP contribution in [-0.2, 0) is 4.79 Å². The lowest BCUT2D eigenvalue weighted by atomic mass is 10.5. The number of carboxylic acids is 1. The highest BCUT2D eigenvalue weighted by atomic mass is 16.4. The smallest absolute Gasteiger partial charge is 0.354 e. The van der Waals surface area contributed by atoms with Gasteiger partial charge >= 0.3 is 5.97 Å². The molecule has 0 bridgehead atoms. The number of carboxylic acid groups (broad SMARTS) is 1. The molecule has 0 aliphatic carbocycles. The van der Waals surface area contributed by atoms with Gasteiger partial charge < -0.3 is 16.6 Å². The second-order valence-electron chi connectivity index (χ2n) is 1.29. The number of aliphatic carboxylic acids is 1. The fraction of sp³-hybridized carbons (Fsp3) is 0. The van der Waals surface area contributed by atoms with Crippen molar-refractivity contribution in [1.82, 2.24) is 0 Å². The summed E-state index contributed by atoms with van der Waals surface area (Å²) in [6.45, 7) is 3.05. The lowest BCUT2D eigenvalue weighted by Gasteiger charge is -1.89. The number of nitrogens with zero attached hydrogens (tertiary/aromatic N) is 1. The molecule has 0 atom stereocenters. The van der Waals surface area contributed by atoms with E-state index in [4.69, 9.17) is 16.6 Å². The zero-order valence-electron chi connectivity index (χ0n) is 4.66. The number of carbonyl (C=O) groups is 1. The summed E-state index contributed by atoms with van der Waals surface area (Å²) in [5.41, 5.74) is 9.30. The Kier molecular flexibility index (Phi) is 2.25. The van der Waals surface area contributed by atoms with Gasteiger partial charge in [0.1, 0.15) is 5.70 Å². The van der Waals surface area contributed by atoms with Gasteiger partial charge in [-0.2, -0.15) is 0 Å². The lowest BCUT2D eigenvalue weighted by Crippen LogP contribution is -2.23. The Morgan fingerprint density at radius 3 is 2.11 bits per heavy atom. The van der Waals surface area contributed by atoms with Crippen LogP contribution in [0.2, 0.25) is 0 Å². The Bertz CT molecular complexity index is 169. The van der Waals surface area contributed by atoms with Crippen molar-refractivity contribution in [2.24, 2.45) is 16.5 Å². The van der Waals surface area contributed by atoms with E-state index in [1.54, 1.807) is 0 Å². The number of aliphatic imine (C=N–C) groups is 1. The van der Waals surface area contributed by atoms with Crippen LogP contribution < -0.4 is 11.5 Å². The molecule has 9 heavy (non-hydrogen) atoms. The average Bonchev–Trinajstić information content (AvgIpc) is 1.63. The Balaban J connectivity index is 4.09. The summed E-state index contributed by atoms with van der Waals surface area (Å²) in [5, 5.41) is 8.11. The molecule has 0 aromatic rings. The van der Waals surface area contributed by atoms with Crippen LogP contribution >= 0.6 is 0 Å². The van der Waals surface area contributed by atoms with Crippen LogP contribution in [0.5, 0.6) is 0 Å². The SMILES string of the molecule is C=C(N=C(N)N)C(=O)O. The fourth-order valence-electron chi connectivity index (χ4n) is 0.204. The first-order valence-electron chi connectivity index (χ1n) is 2.06. The quantitative estimate of drug-likeness (QED) is 0.249. The maximum atomic E-state index is 9.92. The van der Waals surface area contributed by atoms with E-state index >= 15 is 0 Å². The Morgan fingerprint density at radius 1 is 1.56 bits per heavy atom. The van der Waals surface area contributed by atoms with Gasteiger partial charge in [0.2, 0.25) is 0 Å². The first-order chi connectivity index (χ1) is 4.04. The number of nitrogens with two attached hydrogens (primary N) is 2. The molecular weight excluding hydrogens is 122 g/mol. The van der Waals surface area contributed by atoms with E-state index in [2.05, 4.69) is 11.6 Å². The summed E-state index contributed by atoms with van der Waals surface area (Å²) in [7, 11) is 0. The van der Waals surface area contributed by atoms with E-state index < -0.39 is 5.97 Å². The van der Waals surface area contributed by atoms with Crippen LogP contribution in [0.15, 0.2) is 17.3 Å². The van der Waals surface area contributed by atoms with Crippen LogP contribution in [0, 0.1) is 0 Å². The molecule has 0 aromatic heterocycles. The molecule has 0 heterocycles. The molecule has 0 amide bonds. The minimum absolute atomic E-state index is 0.303. The van der Waals surface area contributed by atoms with Crippen LogP contribution in [-0.4, -0.2) is 17.0 Å². The molecule has 0 saturated heterocycles. The van der Waals surface area contributed by atoms with E-state index in [9.17, 15) is 4.79 Å². The van der Waals surface area contributed by atoms with Gasteiger partial charge in [0.05, 0.1) is 0 Å². The van der Waals surface area contributed by atoms with Gasteiger partial charge in [-0.05, 0) is 0 Å². The molecule has 0 rings (SSSR count). The molecule has 0 aliphatic heterocycles. The van der Waals surface area contributed by atoms with E-state index in [1.165, 1.54) is 0 Å². The molecule has 0 aromatic carbocycles. The van der Waals surface area contributed by atoms with Crippen LogP contribution in [0.3, 0.4) is 0 Å². The van der Waals surface area contributed by atoms with E-state index in [1.807, 2.05) is 0 Å². The topological polar surface area (TPSA) is 102 Å². The molecule has 5 heteroatoms. The largest absolute Gasteiger partial charge is 0.477 e. The average molecular weight is 129 g/mol. The van der Waals surface area contributed by atoms with Crippen molar-refractivity contribution in [3.05, 3.63) is 12.3 Å². The molecule has 0 fully saturated rings. The zero-order valence-corrected chi connectivity index (χ0v) is 4.66. The minimum atomic E-state index is -1.23. The van der Waals surface area contributed by atoms with Crippen molar-refractivity contribution in [3.8, 4) is 0 Å². The van der Waals surface area contributed by atoms with Crippen molar-refractivity contribution in [2.45, 2.75) is 0 Å². The first kappa shape index (κ1) is 7.48. The van der Waals surface area contributed by atoms with Crippen LogP contribution in [0.4, 0.5) is 0 Å². The third-order valence-electron chi connectivity index (χ3n) is 0.511. The van der Waals surface area contributed by atoms with Crippen LogP contribution in [0.1, 0.15) is 0 Å². The maximum absolute atomic E-state index is 9.92. The van der Waals surface area contributed by atoms with Crippen molar-refractivity contribution in [3.63, 3.8) is 0 Å². The molecule has 5 nitrogen and oxygen atoms in total. The molecule has 0 radical (unpaired) electrons. The number of hydrogen-bond acceptors (Lipinski definition) is 2. The molecule has 0 spiro atoms. The standard InChI is InChI=1S/C4H7N3O2/c1-2(3(8)9)7-4(5)6/h1H2,(H,8,9)(H4,5,6,7). The van der Waals surface area contributed by atoms with Crippen molar-refractivity contribution >= 4 is 11.9 Å². The molecule has 0 aliphatic rings. The summed E-state index contributed by atoms with van der Waals surface area (Å²) in [5.74, 6) is -1.54. The third-order valence-corrected chi connectivity index (χ3v) is 0.511. The Hall–Kier alpha value is -1.52. The minimum Gasteiger partial charge on any atom is -0.477 e.